The van der Waals surface area contributed by atoms with Crippen molar-refractivity contribution in [3.05, 3.63) is 251 Å². The van der Waals surface area contributed by atoms with Gasteiger partial charge in [0.1, 0.15) is 37.1 Å². The Kier molecular flexibility index (Phi) is 19.1. The van der Waals surface area contributed by atoms with Crippen LogP contribution in [0.1, 0.15) is 58.1 Å². The van der Waals surface area contributed by atoms with E-state index in [1.165, 1.54) is 7.11 Å². The van der Waals surface area contributed by atoms with Crippen LogP contribution in [-0.4, -0.2) is 106 Å². The van der Waals surface area contributed by atoms with Crippen LogP contribution in [0.2, 0.25) is 0 Å². The van der Waals surface area contributed by atoms with Gasteiger partial charge in [0.15, 0.2) is 30.9 Å². The van der Waals surface area contributed by atoms with E-state index in [2.05, 4.69) is 0 Å². The Morgan fingerprint density at radius 1 is 0.364 bits per heavy atom. The molecule has 2 saturated heterocycles. The summed E-state index contributed by atoms with van der Waals surface area (Å²) in [5.41, 5.74) is 3.18. The molecule has 7 aromatic rings. The summed E-state index contributed by atoms with van der Waals surface area (Å²) >= 11 is 0. The highest BCUT2D eigenvalue weighted by Crippen LogP contribution is 2.37. The summed E-state index contributed by atoms with van der Waals surface area (Å²) in [7, 11) is 1.47. The van der Waals surface area contributed by atoms with Gasteiger partial charge in [-0.1, -0.05) is 164 Å². The Morgan fingerprint density at radius 2 is 0.727 bits per heavy atom. The molecule has 0 bridgehead atoms. The Balaban J connectivity index is 1.16. The minimum atomic E-state index is -1.74. The van der Waals surface area contributed by atoms with E-state index >= 15 is 0 Å². The molecule has 0 spiro atoms. The number of ether oxygens (including phenoxy) is 11. The van der Waals surface area contributed by atoms with Crippen molar-refractivity contribution in [3.63, 3.8) is 0 Å². The van der Waals surface area contributed by atoms with E-state index in [9.17, 15) is 19.2 Å². The molecule has 2 fully saturated rings. The molecule has 77 heavy (non-hydrogen) atoms. The fourth-order valence-electron chi connectivity index (χ4n) is 8.93. The second-order valence-electron chi connectivity index (χ2n) is 18.1. The number of rotatable bonds is 22. The van der Waals surface area contributed by atoms with Gasteiger partial charge >= 0.3 is 23.9 Å². The average Bonchev–Trinajstić information content (AvgIpc) is 3.49. The van der Waals surface area contributed by atoms with Crippen LogP contribution in [0.4, 0.5) is 0 Å². The van der Waals surface area contributed by atoms with Crippen LogP contribution in [0.25, 0.3) is 0 Å². The third-order valence-electron chi connectivity index (χ3n) is 12.8. The van der Waals surface area contributed by atoms with E-state index in [-0.39, 0.29) is 48.7 Å². The van der Waals surface area contributed by atoms with E-state index in [0.29, 0.717) is 0 Å². The van der Waals surface area contributed by atoms with Gasteiger partial charge in [0.05, 0.1) is 48.7 Å². The molecule has 396 valence electrons. The number of hydrogen-bond donors (Lipinski definition) is 0. The normalized spacial score (nSPS) is 23.0. The zero-order valence-electron chi connectivity index (χ0n) is 42.1. The van der Waals surface area contributed by atoms with Crippen molar-refractivity contribution < 1.29 is 71.3 Å². The minimum absolute atomic E-state index is 0.0235. The first kappa shape index (κ1) is 53.9. The summed E-state index contributed by atoms with van der Waals surface area (Å²) in [6, 6.07) is 61.3. The topological polar surface area (TPSA) is 170 Å². The molecule has 10 atom stereocenters. The summed E-state index contributed by atoms with van der Waals surface area (Å²) in [5.74, 6) is -3.31. The van der Waals surface area contributed by atoms with E-state index in [4.69, 9.17) is 52.1 Å². The van der Waals surface area contributed by atoms with Gasteiger partial charge in [0.25, 0.3) is 0 Å². The molecule has 15 heteroatoms. The number of methoxy groups -OCH3 is 1. The van der Waals surface area contributed by atoms with Crippen molar-refractivity contribution in [1.82, 2.24) is 0 Å². The number of carbonyl (C=O) groups excluding carboxylic acids is 4. The summed E-state index contributed by atoms with van der Waals surface area (Å²) < 4.78 is 72.0. The van der Waals surface area contributed by atoms with Gasteiger partial charge in [-0.25, -0.2) is 19.2 Å². The van der Waals surface area contributed by atoms with Crippen LogP contribution in [0, 0.1) is 0 Å². The van der Waals surface area contributed by atoms with Crippen molar-refractivity contribution in [2.45, 2.75) is 81.2 Å². The highest BCUT2D eigenvalue weighted by atomic mass is 16.8. The predicted molar refractivity (Wildman–Crippen MR) is 279 cm³/mol. The molecule has 15 nitrogen and oxygen atoms in total. The second kappa shape index (κ2) is 27.3. The van der Waals surface area contributed by atoms with Crippen LogP contribution < -0.4 is 0 Å². The van der Waals surface area contributed by atoms with Gasteiger partial charge in [-0.15, -0.1) is 0 Å². The van der Waals surface area contributed by atoms with E-state index < -0.39 is 91.9 Å². The number of hydrogen-bond acceptors (Lipinski definition) is 15. The Morgan fingerprint density at radius 3 is 1.18 bits per heavy atom. The first-order chi connectivity index (χ1) is 37.8. The molecule has 0 aliphatic carbocycles. The van der Waals surface area contributed by atoms with Crippen LogP contribution >= 0.6 is 0 Å². The molecule has 0 radical (unpaired) electrons. The molecule has 0 amide bonds. The van der Waals surface area contributed by atoms with Gasteiger partial charge in [-0.3, -0.25) is 0 Å². The van der Waals surface area contributed by atoms with Gasteiger partial charge in [-0.2, -0.15) is 0 Å². The molecule has 2 heterocycles. The van der Waals surface area contributed by atoms with E-state index in [0.717, 1.165) is 16.7 Å². The summed E-state index contributed by atoms with van der Waals surface area (Å²) in [5, 5.41) is 0. The van der Waals surface area contributed by atoms with Crippen LogP contribution in [0.5, 0.6) is 0 Å². The summed E-state index contributed by atoms with van der Waals surface area (Å²) in [4.78, 5) is 57.0. The number of benzene rings is 7. The lowest BCUT2D eigenvalue weighted by Crippen LogP contribution is -2.67. The Bertz CT molecular complexity index is 2920. The van der Waals surface area contributed by atoms with Gasteiger partial charge in [0, 0.05) is 7.11 Å². The van der Waals surface area contributed by atoms with Crippen molar-refractivity contribution in [2.24, 2.45) is 0 Å². The first-order valence-electron chi connectivity index (χ1n) is 25.2. The minimum Gasteiger partial charge on any atom is -0.459 e. The molecule has 7 aromatic carbocycles. The molecule has 0 unspecified atom stereocenters. The van der Waals surface area contributed by atoms with Gasteiger partial charge in [-0.05, 0) is 65.2 Å². The Hall–Kier alpha value is -7.86. The van der Waals surface area contributed by atoms with Crippen LogP contribution in [-0.2, 0) is 71.9 Å². The van der Waals surface area contributed by atoms with Crippen molar-refractivity contribution in [3.8, 4) is 0 Å². The quantitative estimate of drug-likeness (QED) is 0.0464. The molecule has 2 aliphatic heterocycles. The van der Waals surface area contributed by atoms with Crippen LogP contribution in [0.15, 0.2) is 212 Å². The number of esters is 4. The SMILES string of the molecule is CO[C@H]1O[C@H](COCc2ccccc2)[C@@H](OCc2ccccc2)[C@H](O[C@@H]2O[C@H](COC(=O)c3ccccc3)[C@@H](OC(=O)c3ccccc3)[C@H](OC(=O)c3ccccc3)[C@H]2OC(=O)c2ccccc2)[C@H]1OCc1ccccc1. The molecule has 0 saturated carbocycles. The largest absolute Gasteiger partial charge is 0.459 e. The molecule has 0 N–H and O–H groups in total. The highest BCUT2D eigenvalue weighted by molar-refractivity contribution is 5.91. The maximum absolute atomic E-state index is 14.5. The lowest BCUT2D eigenvalue weighted by molar-refractivity contribution is -0.366. The first-order valence-corrected chi connectivity index (χ1v) is 25.2. The van der Waals surface area contributed by atoms with E-state index in [1.54, 1.807) is 121 Å². The molecule has 0 aromatic heterocycles. The standard InChI is InChI=1S/C62H58O15/c1-67-61-55(70-39-44-27-13-4-14-28-44)53(51(69-38-43-25-11-3-12-26-43)49(72-61)40-68-37-42-23-9-2-10-24-42)77-62-56(76-60(66)48-35-21-8-22-36-48)54(75-59(65)47-33-19-7-20-34-47)52(74-58(64)46-31-17-6-18-32-46)50(73-62)41-71-57(63)45-29-15-5-16-30-45/h2-36,49-56,61-62H,37-41H2,1H3/t49-,50-,51-,52-,53+,54+,55-,56-,61+,62+/m1/s1. The highest BCUT2D eigenvalue weighted by Gasteiger charge is 2.57. The zero-order chi connectivity index (χ0) is 53.2. The predicted octanol–water partition coefficient (Wildman–Crippen LogP) is 9.39. The fourth-order valence-corrected chi connectivity index (χ4v) is 8.93. The number of carbonyl (C=O) groups is 4. The lowest BCUT2D eigenvalue weighted by Gasteiger charge is -2.49. The zero-order valence-corrected chi connectivity index (χ0v) is 42.1. The molecule has 9 rings (SSSR count). The van der Waals surface area contributed by atoms with Gasteiger partial charge in [0.2, 0.25) is 0 Å². The molecular weight excluding hydrogens is 985 g/mol. The van der Waals surface area contributed by atoms with Crippen molar-refractivity contribution in [2.75, 3.05) is 20.3 Å². The summed E-state index contributed by atoms with van der Waals surface area (Å²) in [6.07, 6.45) is -13.7. The monoisotopic (exact) mass is 1040 g/mol. The fraction of sp³-hybridized carbons (Fsp3) is 0.258. The smallest absolute Gasteiger partial charge is 0.338 e. The van der Waals surface area contributed by atoms with E-state index in [1.807, 2.05) is 91.0 Å². The summed E-state index contributed by atoms with van der Waals surface area (Å²) in [6.45, 7) is -0.249. The van der Waals surface area contributed by atoms with Crippen LogP contribution in [0.3, 0.4) is 0 Å². The third kappa shape index (κ3) is 14.5. The maximum atomic E-state index is 14.5. The van der Waals surface area contributed by atoms with Crippen molar-refractivity contribution in [1.29, 1.82) is 0 Å². The molecule has 2 aliphatic rings. The van der Waals surface area contributed by atoms with Crippen molar-refractivity contribution >= 4 is 23.9 Å². The third-order valence-corrected chi connectivity index (χ3v) is 12.8. The lowest BCUT2D eigenvalue weighted by atomic mass is 9.95. The second-order valence-corrected chi connectivity index (χ2v) is 18.1. The van der Waals surface area contributed by atoms with Gasteiger partial charge < -0.3 is 52.1 Å². The Labute approximate surface area is 446 Å². The average molecular weight is 1040 g/mol. The molecular formula is C62H58O15. The maximum Gasteiger partial charge on any atom is 0.338 e.